The number of carbonyl (C=O) groups excluding carboxylic acids is 1. The second-order valence-corrected chi connectivity index (χ2v) is 5.52. The number of rotatable bonds is 1. The molecule has 0 aromatic rings. The highest BCUT2D eigenvalue weighted by Gasteiger charge is 2.43. The van der Waals surface area contributed by atoms with Gasteiger partial charge in [-0.05, 0) is 38.5 Å². The molecule has 0 aromatic heterocycles. The first-order chi connectivity index (χ1) is 7.20. The Kier molecular flexibility index (Phi) is 5.13. The lowest BCUT2D eigenvalue weighted by Gasteiger charge is -2.27. The first-order valence-electron chi connectivity index (χ1n) is 6.02. The van der Waals surface area contributed by atoms with Gasteiger partial charge in [-0.1, -0.05) is 13.8 Å². The number of nitrogens with zero attached hydrogens (tertiary/aromatic N) is 1. The molecule has 0 N–H and O–H groups in total. The molecule has 0 saturated carbocycles. The van der Waals surface area contributed by atoms with Gasteiger partial charge in [-0.2, -0.15) is 11.8 Å². The Balaban J connectivity index is 0.000000531. The molecule has 2 aliphatic rings. The van der Waals surface area contributed by atoms with Gasteiger partial charge < -0.3 is 0 Å². The third-order valence-electron chi connectivity index (χ3n) is 3.22. The minimum Gasteiger partial charge on any atom is -0.298 e. The van der Waals surface area contributed by atoms with E-state index in [-0.39, 0.29) is 6.04 Å². The Labute approximate surface area is 97.8 Å². The summed E-state index contributed by atoms with van der Waals surface area (Å²) in [6.07, 6.45) is 2.66. The van der Waals surface area contributed by atoms with Gasteiger partial charge in [0, 0.05) is 11.8 Å². The van der Waals surface area contributed by atoms with Crippen LogP contribution in [0.15, 0.2) is 0 Å². The number of likely N-dealkylation sites (tertiary alicyclic amines) is 1. The Morgan fingerprint density at radius 3 is 2.67 bits per heavy atom. The highest BCUT2D eigenvalue weighted by Crippen LogP contribution is 2.39. The molecule has 2 heterocycles. The summed E-state index contributed by atoms with van der Waals surface area (Å²) in [5.74, 6) is 2.38. The van der Waals surface area contributed by atoms with Crippen LogP contribution in [-0.2, 0) is 4.79 Å². The van der Waals surface area contributed by atoms with E-state index in [2.05, 4.69) is 11.9 Å². The lowest BCUT2D eigenvalue weighted by Crippen LogP contribution is -2.38. The normalized spacial score (nSPS) is 35.3. The fourth-order valence-corrected chi connectivity index (χ4v) is 4.37. The van der Waals surface area contributed by atoms with Crippen molar-refractivity contribution in [2.75, 3.05) is 19.3 Å². The molecule has 3 atom stereocenters. The predicted molar refractivity (Wildman–Crippen MR) is 67.4 cm³/mol. The predicted octanol–water partition coefficient (Wildman–Crippen LogP) is 2.43. The lowest BCUT2D eigenvalue weighted by molar-refractivity contribution is -0.120. The number of carbonyl (C=O) groups is 1. The van der Waals surface area contributed by atoms with Gasteiger partial charge in [-0.3, -0.25) is 9.69 Å². The third-order valence-corrected chi connectivity index (χ3v) is 4.77. The fraction of sp³-hybridized carbons (Fsp3) is 0.917. The summed E-state index contributed by atoms with van der Waals surface area (Å²) in [7, 11) is 2.09. The average Bonchev–Trinajstić information content (AvgIpc) is 2.56. The van der Waals surface area contributed by atoms with Crippen molar-refractivity contribution in [3.8, 4) is 0 Å². The molecule has 3 heteroatoms. The molecule has 0 spiro atoms. The molecule has 2 aliphatic heterocycles. The zero-order valence-corrected chi connectivity index (χ0v) is 11.1. The van der Waals surface area contributed by atoms with E-state index in [1.165, 1.54) is 18.6 Å². The minimum absolute atomic E-state index is 0.204. The Bertz CT molecular complexity index is 220. The molecule has 3 unspecified atom stereocenters. The van der Waals surface area contributed by atoms with Crippen LogP contribution in [0.1, 0.15) is 33.6 Å². The van der Waals surface area contributed by atoms with Gasteiger partial charge in [0.2, 0.25) is 0 Å². The molecule has 2 nitrogen and oxygen atoms in total. The number of thioether (sulfide) groups is 1. The lowest BCUT2D eigenvalue weighted by atomic mass is 9.98. The summed E-state index contributed by atoms with van der Waals surface area (Å²) in [5.41, 5.74) is 0. The molecule has 2 fully saturated rings. The van der Waals surface area contributed by atoms with Crippen LogP contribution in [0.5, 0.6) is 0 Å². The summed E-state index contributed by atoms with van der Waals surface area (Å²) in [6, 6.07) is 0.204. The van der Waals surface area contributed by atoms with Crippen molar-refractivity contribution in [1.29, 1.82) is 0 Å². The SMILES string of the molecule is CC.CC(=O)C1C2SCCCC2CN1C. The maximum atomic E-state index is 11.5. The quantitative estimate of drug-likeness (QED) is 0.689. The van der Waals surface area contributed by atoms with Gasteiger partial charge in [-0.15, -0.1) is 0 Å². The van der Waals surface area contributed by atoms with Crippen LogP contribution in [0.3, 0.4) is 0 Å². The van der Waals surface area contributed by atoms with Crippen molar-refractivity contribution in [2.45, 2.75) is 44.9 Å². The van der Waals surface area contributed by atoms with Gasteiger partial charge in [-0.25, -0.2) is 0 Å². The molecule has 0 radical (unpaired) electrons. The molecule has 0 aliphatic carbocycles. The largest absolute Gasteiger partial charge is 0.298 e. The second kappa shape index (κ2) is 5.90. The molecule has 2 rings (SSSR count). The molecule has 0 aromatic carbocycles. The van der Waals surface area contributed by atoms with Gasteiger partial charge in [0.25, 0.3) is 0 Å². The fourth-order valence-electron chi connectivity index (χ4n) is 2.69. The van der Waals surface area contributed by atoms with Crippen LogP contribution in [-0.4, -0.2) is 41.3 Å². The maximum absolute atomic E-state index is 11.5. The van der Waals surface area contributed by atoms with Crippen LogP contribution in [0.25, 0.3) is 0 Å². The van der Waals surface area contributed by atoms with Crippen molar-refractivity contribution in [3.63, 3.8) is 0 Å². The highest BCUT2D eigenvalue weighted by atomic mass is 32.2. The van der Waals surface area contributed by atoms with Crippen LogP contribution >= 0.6 is 11.8 Å². The van der Waals surface area contributed by atoms with Crippen LogP contribution in [0.2, 0.25) is 0 Å². The Morgan fingerprint density at radius 2 is 2.07 bits per heavy atom. The van der Waals surface area contributed by atoms with Crippen molar-refractivity contribution in [3.05, 3.63) is 0 Å². The number of hydrogen-bond acceptors (Lipinski definition) is 3. The van der Waals surface area contributed by atoms with E-state index in [1.807, 2.05) is 25.6 Å². The number of hydrogen-bond donors (Lipinski definition) is 0. The smallest absolute Gasteiger partial charge is 0.148 e. The molecular weight excluding hydrogens is 206 g/mol. The molecule has 88 valence electrons. The number of fused-ring (bicyclic) bond motifs is 1. The minimum atomic E-state index is 0.204. The van der Waals surface area contributed by atoms with Gasteiger partial charge >= 0.3 is 0 Å². The summed E-state index contributed by atoms with van der Waals surface area (Å²) in [6.45, 7) is 6.86. The van der Waals surface area contributed by atoms with Crippen molar-refractivity contribution in [2.24, 2.45) is 5.92 Å². The van der Waals surface area contributed by atoms with Crippen LogP contribution in [0.4, 0.5) is 0 Å². The molecular formula is C12H23NOS. The van der Waals surface area contributed by atoms with Crippen molar-refractivity contribution < 1.29 is 4.79 Å². The molecule has 15 heavy (non-hydrogen) atoms. The van der Waals surface area contributed by atoms with Crippen molar-refractivity contribution >= 4 is 17.5 Å². The summed E-state index contributed by atoms with van der Waals surface area (Å²) < 4.78 is 0. The molecule has 0 bridgehead atoms. The maximum Gasteiger partial charge on any atom is 0.148 e. The van der Waals surface area contributed by atoms with E-state index >= 15 is 0 Å². The van der Waals surface area contributed by atoms with E-state index in [0.717, 1.165) is 12.5 Å². The number of ketones is 1. The molecule has 2 saturated heterocycles. The monoisotopic (exact) mass is 229 g/mol. The standard InChI is InChI=1S/C10H17NOS.C2H6/c1-7(12)9-10-8(6-11(9)2)4-3-5-13-10;1-2/h8-10H,3-6H2,1-2H3;1-2H3. The zero-order chi connectivity index (χ0) is 11.4. The van der Waals surface area contributed by atoms with Crippen LogP contribution in [0, 0.1) is 5.92 Å². The van der Waals surface area contributed by atoms with Crippen LogP contribution < -0.4 is 0 Å². The van der Waals surface area contributed by atoms with E-state index in [0.29, 0.717) is 11.0 Å². The van der Waals surface area contributed by atoms with Crippen molar-refractivity contribution in [1.82, 2.24) is 4.90 Å². The molecule has 0 amide bonds. The number of likely N-dealkylation sites (N-methyl/N-ethyl adjacent to an activating group) is 1. The highest BCUT2D eigenvalue weighted by molar-refractivity contribution is 8.00. The van der Waals surface area contributed by atoms with E-state index < -0.39 is 0 Å². The van der Waals surface area contributed by atoms with Gasteiger partial charge in [0.05, 0.1) is 6.04 Å². The first-order valence-corrected chi connectivity index (χ1v) is 7.07. The number of Topliss-reactive ketones (excluding diaryl/α,β-unsaturated/α-hetero) is 1. The van der Waals surface area contributed by atoms with Gasteiger partial charge in [0.15, 0.2) is 0 Å². The zero-order valence-electron chi connectivity index (χ0n) is 10.3. The summed E-state index contributed by atoms with van der Waals surface area (Å²) in [4.78, 5) is 13.7. The van der Waals surface area contributed by atoms with E-state index in [4.69, 9.17) is 0 Å². The summed E-state index contributed by atoms with van der Waals surface area (Å²) in [5, 5.41) is 0.594. The first kappa shape index (κ1) is 13.0. The average molecular weight is 229 g/mol. The Hall–Kier alpha value is -0.0200. The third kappa shape index (κ3) is 2.76. The van der Waals surface area contributed by atoms with E-state index in [1.54, 1.807) is 6.92 Å². The van der Waals surface area contributed by atoms with Gasteiger partial charge in [0.1, 0.15) is 5.78 Å². The Morgan fingerprint density at radius 1 is 1.40 bits per heavy atom. The second-order valence-electron chi connectivity index (χ2n) is 4.23. The summed E-state index contributed by atoms with van der Waals surface area (Å²) >= 11 is 2.01. The van der Waals surface area contributed by atoms with E-state index in [9.17, 15) is 4.79 Å². The topological polar surface area (TPSA) is 20.3 Å².